The van der Waals surface area contributed by atoms with E-state index in [-0.39, 0.29) is 5.97 Å². The van der Waals surface area contributed by atoms with Gasteiger partial charge in [0.25, 0.3) is 0 Å². The molecular formula is C21H19N5O3. The van der Waals surface area contributed by atoms with E-state index in [9.17, 15) is 4.79 Å². The molecule has 4 rings (SSSR count). The average molecular weight is 389 g/mol. The molecule has 0 saturated carbocycles. The fourth-order valence-corrected chi connectivity index (χ4v) is 3.06. The normalized spacial score (nSPS) is 10.7. The Hall–Kier alpha value is -3.94. The van der Waals surface area contributed by atoms with Gasteiger partial charge in [0, 0.05) is 11.9 Å². The van der Waals surface area contributed by atoms with Gasteiger partial charge in [-0.25, -0.2) is 19.7 Å². The number of anilines is 2. The maximum absolute atomic E-state index is 11.6. The van der Waals surface area contributed by atoms with Gasteiger partial charge in [-0.3, -0.25) is 4.40 Å². The molecule has 1 N–H and O–H groups in total. The highest BCUT2D eigenvalue weighted by molar-refractivity contribution is 5.89. The van der Waals surface area contributed by atoms with Crippen molar-refractivity contribution < 1.29 is 14.3 Å². The second-order valence-corrected chi connectivity index (χ2v) is 6.30. The average Bonchev–Trinajstić information content (AvgIpc) is 3.08. The van der Waals surface area contributed by atoms with Crippen LogP contribution in [0.3, 0.4) is 0 Å². The Bertz CT molecular complexity index is 1180. The summed E-state index contributed by atoms with van der Waals surface area (Å²) in [5, 5.41) is 3.15. The number of esters is 1. The molecule has 8 heteroatoms. The molecule has 3 aromatic heterocycles. The highest BCUT2D eigenvalue weighted by Crippen LogP contribution is 2.26. The number of ether oxygens (including phenoxy) is 2. The number of aromatic nitrogens is 4. The molecule has 0 fully saturated rings. The summed E-state index contributed by atoms with van der Waals surface area (Å²) in [4.78, 5) is 25.1. The number of methoxy groups -OCH3 is 2. The molecule has 146 valence electrons. The minimum Gasteiger partial charge on any atom is -0.495 e. The first-order valence-corrected chi connectivity index (χ1v) is 8.90. The summed E-state index contributed by atoms with van der Waals surface area (Å²) >= 11 is 0. The molecule has 0 aliphatic carbocycles. The summed E-state index contributed by atoms with van der Waals surface area (Å²) in [6, 6.07) is 12.5. The third-order valence-corrected chi connectivity index (χ3v) is 4.46. The highest BCUT2D eigenvalue weighted by Gasteiger charge is 2.14. The fraction of sp³-hybridized carbons (Fsp3) is 0.143. The lowest BCUT2D eigenvalue weighted by molar-refractivity contribution is 0.0601. The number of nitrogens with zero attached hydrogens (tertiary/aromatic N) is 4. The standard InChI is InChI=1S/C21H19N5O3/c1-13-19(26-12-16(28-2)8-9-18(26)23-13)17-10-11-22-21(25-17)24-15-6-4-14(5-7-15)20(27)29-3/h4-12H,1-3H3,(H,22,24,25). The molecule has 4 aromatic rings. The Morgan fingerprint density at radius 2 is 1.83 bits per heavy atom. The van der Waals surface area contributed by atoms with E-state index >= 15 is 0 Å². The highest BCUT2D eigenvalue weighted by atomic mass is 16.5. The van der Waals surface area contributed by atoms with E-state index in [1.54, 1.807) is 37.6 Å². The molecule has 0 amide bonds. The van der Waals surface area contributed by atoms with Gasteiger partial charge in [-0.1, -0.05) is 0 Å². The second kappa shape index (κ2) is 7.59. The number of fused-ring (bicyclic) bond motifs is 1. The maximum Gasteiger partial charge on any atom is 0.337 e. The van der Waals surface area contributed by atoms with Gasteiger partial charge < -0.3 is 14.8 Å². The maximum atomic E-state index is 11.6. The number of hydrogen-bond acceptors (Lipinski definition) is 7. The van der Waals surface area contributed by atoms with E-state index in [0.717, 1.165) is 34.2 Å². The van der Waals surface area contributed by atoms with Crippen LogP contribution in [0, 0.1) is 6.92 Å². The Balaban J connectivity index is 1.67. The lowest BCUT2D eigenvalue weighted by Gasteiger charge is -2.08. The Kier molecular flexibility index (Phi) is 4.82. The Morgan fingerprint density at radius 3 is 2.55 bits per heavy atom. The van der Waals surface area contributed by atoms with Crippen LogP contribution in [0.5, 0.6) is 5.75 Å². The Morgan fingerprint density at radius 1 is 1.03 bits per heavy atom. The predicted octanol–water partition coefficient (Wildman–Crippen LogP) is 3.64. The molecule has 0 spiro atoms. The van der Waals surface area contributed by atoms with Crippen LogP contribution in [0.15, 0.2) is 54.9 Å². The zero-order valence-corrected chi connectivity index (χ0v) is 16.2. The lowest BCUT2D eigenvalue weighted by atomic mass is 10.2. The van der Waals surface area contributed by atoms with E-state index in [2.05, 4.69) is 20.3 Å². The van der Waals surface area contributed by atoms with Crippen molar-refractivity contribution in [1.82, 2.24) is 19.4 Å². The van der Waals surface area contributed by atoms with E-state index in [0.29, 0.717) is 11.5 Å². The number of carbonyl (C=O) groups is 1. The van der Waals surface area contributed by atoms with Gasteiger partial charge in [0.1, 0.15) is 11.4 Å². The summed E-state index contributed by atoms with van der Waals surface area (Å²) in [5.74, 6) is 0.785. The minimum absolute atomic E-state index is 0.381. The van der Waals surface area contributed by atoms with Gasteiger partial charge in [-0.2, -0.15) is 0 Å². The number of hydrogen-bond donors (Lipinski definition) is 1. The monoisotopic (exact) mass is 389 g/mol. The Labute approximate surface area is 167 Å². The van der Waals surface area contributed by atoms with Crippen molar-refractivity contribution in [3.63, 3.8) is 0 Å². The van der Waals surface area contributed by atoms with Gasteiger partial charge in [0.2, 0.25) is 5.95 Å². The lowest BCUT2D eigenvalue weighted by Crippen LogP contribution is -2.02. The van der Waals surface area contributed by atoms with Gasteiger partial charge in [-0.05, 0) is 49.4 Å². The molecule has 0 atom stereocenters. The third-order valence-electron chi connectivity index (χ3n) is 4.46. The molecule has 0 aliphatic heterocycles. The molecule has 0 aliphatic rings. The number of imidazole rings is 1. The molecule has 0 saturated heterocycles. The van der Waals surface area contributed by atoms with Crippen LogP contribution in [0.25, 0.3) is 17.0 Å². The van der Waals surface area contributed by atoms with Crippen LogP contribution in [0.4, 0.5) is 11.6 Å². The van der Waals surface area contributed by atoms with Crippen molar-refractivity contribution in [2.24, 2.45) is 0 Å². The summed E-state index contributed by atoms with van der Waals surface area (Å²) in [7, 11) is 2.98. The fourth-order valence-electron chi connectivity index (χ4n) is 3.06. The zero-order chi connectivity index (χ0) is 20.4. The first kappa shape index (κ1) is 18.4. The van der Waals surface area contributed by atoms with Crippen LogP contribution >= 0.6 is 0 Å². The van der Waals surface area contributed by atoms with Gasteiger partial charge >= 0.3 is 5.97 Å². The zero-order valence-electron chi connectivity index (χ0n) is 16.2. The van der Waals surface area contributed by atoms with Crippen molar-refractivity contribution in [2.45, 2.75) is 6.92 Å². The molecule has 0 bridgehead atoms. The molecule has 8 nitrogen and oxygen atoms in total. The van der Waals surface area contributed by atoms with Crippen LogP contribution in [0.2, 0.25) is 0 Å². The molecule has 29 heavy (non-hydrogen) atoms. The number of carbonyl (C=O) groups excluding carboxylic acids is 1. The number of rotatable bonds is 5. The van der Waals surface area contributed by atoms with Crippen LogP contribution in [0.1, 0.15) is 16.1 Å². The van der Waals surface area contributed by atoms with Crippen molar-refractivity contribution in [3.05, 3.63) is 66.1 Å². The van der Waals surface area contributed by atoms with Crippen LogP contribution in [-0.4, -0.2) is 39.5 Å². The van der Waals surface area contributed by atoms with Crippen molar-refractivity contribution >= 4 is 23.3 Å². The molecular weight excluding hydrogens is 370 g/mol. The van der Waals surface area contributed by atoms with Crippen LogP contribution < -0.4 is 10.1 Å². The largest absolute Gasteiger partial charge is 0.495 e. The van der Waals surface area contributed by atoms with E-state index in [1.165, 1.54) is 7.11 Å². The molecule has 0 unspecified atom stereocenters. The summed E-state index contributed by atoms with van der Waals surface area (Å²) in [6.07, 6.45) is 3.57. The van der Waals surface area contributed by atoms with Gasteiger partial charge in [-0.15, -0.1) is 0 Å². The number of benzene rings is 1. The predicted molar refractivity (Wildman–Crippen MR) is 109 cm³/mol. The van der Waals surface area contributed by atoms with E-state index in [4.69, 9.17) is 9.47 Å². The summed E-state index contributed by atoms with van der Waals surface area (Å²) in [5.41, 5.74) is 4.49. The first-order chi connectivity index (χ1) is 14.1. The smallest absolute Gasteiger partial charge is 0.337 e. The third kappa shape index (κ3) is 3.60. The van der Waals surface area contributed by atoms with Crippen molar-refractivity contribution in [1.29, 1.82) is 0 Å². The molecule has 1 aromatic carbocycles. The second-order valence-electron chi connectivity index (χ2n) is 6.30. The number of aryl methyl sites for hydroxylation is 1. The number of pyridine rings is 1. The van der Waals surface area contributed by atoms with E-state index < -0.39 is 0 Å². The van der Waals surface area contributed by atoms with Crippen molar-refractivity contribution in [3.8, 4) is 17.1 Å². The molecule has 3 heterocycles. The van der Waals surface area contributed by atoms with Gasteiger partial charge in [0.05, 0.1) is 43.1 Å². The SMILES string of the molecule is COC(=O)c1ccc(Nc2nccc(-c3c(C)nc4ccc(OC)cn34)n2)cc1. The summed E-state index contributed by atoms with van der Waals surface area (Å²) in [6.45, 7) is 1.94. The minimum atomic E-state index is -0.381. The summed E-state index contributed by atoms with van der Waals surface area (Å²) < 4.78 is 12.0. The van der Waals surface area contributed by atoms with Gasteiger partial charge in [0.15, 0.2) is 0 Å². The van der Waals surface area contributed by atoms with E-state index in [1.807, 2.05) is 35.7 Å². The quantitative estimate of drug-likeness (QED) is 0.521. The topological polar surface area (TPSA) is 90.6 Å². The number of nitrogens with one attached hydrogen (secondary N) is 1. The first-order valence-electron chi connectivity index (χ1n) is 8.90. The van der Waals surface area contributed by atoms with Crippen molar-refractivity contribution in [2.75, 3.05) is 19.5 Å². The van der Waals surface area contributed by atoms with Crippen LogP contribution in [-0.2, 0) is 4.74 Å². The molecule has 0 radical (unpaired) electrons.